The summed E-state index contributed by atoms with van der Waals surface area (Å²) in [7, 11) is 0. The van der Waals surface area contributed by atoms with Crippen LogP contribution in [0.25, 0.3) is 11.4 Å². The Morgan fingerprint density at radius 3 is 2.79 bits per heavy atom. The number of rotatable bonds is 1. The highest BCUT2D eigenvalue weighted by Crippen LogP contribution is 2.30. The van der Waals surface area contributed by atoms with Crippen molar-refractivity contribution in [2.75, 3.05) is 5.73 Å². The number of nitrogen functional groups attached to an aromatic ring is 1. The van der Waals surface area contributed by atoms with Gasteiger partial charge in [-0.25, -0.2) is 0 Å². The third-order valence-corrected chi connectivity index (χ3v) is 3.88. The Kier molecular flexibility index (Phi) is 3.01. The van der Waals surface area contributed by atoms with Crippen LogP contribution < -0.4 is 5.73 Å². The highest BCUT2D eigenvalue weighted by Gasteiger charge is 2.18. The van der Waals surface area contributed by atoms with E-state index < -0.39 is 0 Å². The molecule has 0 saturated carbocycles. The number of fused-ring (bicyclic) bond motifs is 1. The molecule has 0 bridgehead atoms. The van der Waals surface area contributed by atoms with Gasteiger partial charge in [-0.05, 0) is 43.9 Å². The summed E-state index contributed by atoms with van der Waals surface area (Å²) >= 11 is 0. The third-order valence-electron chi connectivity index (χ3n) is 3.88. The van der Waals surface area contributed by atoms with Crippen molar-refractivity contribution in [3.63, 3.8) is 0 Å². The van der Waals surface area contributed by atoms with Crippen molar-refractivity contribution >= 4 is 5.69 Å². The van der Waals surface area contributed by atoms with Crippen LogP contribution in [0.1, 0.15) is 36.2 Å². The Balaban J connectivity index is 2.15. The maximum Gasteiger partial charge on any atom is 0.166 e. The monoisotopic (exact) mass is 256 g/mol. The van der Waals surface area contributed by atoms with Gasteiger partial charge in [0.15, 0.2) is 5.82 Å². The standard InChI is InChI=1S/C15H20N4/c1-10-8-11(2)14(16)12(9-10)15-18-17-13-6-4-3-5-7-19(13)15/h8-9H,3-7,16H2,1-2H3. The maximum absolute atomic E-state index is 6.23. The lowest BCUT2D eigenvalue weighted by molar-refractivity contribution is 0.637. The number of aryl methyl sites for hydroxylation is 3. The van der Waals surface area contributed by atoms with Crippen molar-refractivity contribution in [3.05, 3.63) is 29.1 Å². The molecule has 0 amide bonds. The van der Waals surface area contributed by atoms with E-state index in [1.807, 2.05) is 6.92 Å². The molecular weight excluding hydrogens is 236 g/mol. The number of hydrogen-bond acceptors (Lipinski definition) is 3. The minimum absolute atomic E-state index is 0.824. The molecule has 0 atom stereocenters. The van der Waals surface area contributed by atoms with Crippen LogP contribution in [0.5, 0.6) is 0 Å². The zero-order chi connectivity index (χ0) is 13.4. The fourth-order valence-corrected chi connectivity index (χ4v) is 2.85. The zero-order valence-corrected chi connectivity index (χ0v) is 11.6. The van der Waals surface area contributed by atoms with E-state index in [0.29, 0.717) is 0 Å². The van der Waals surface area contributed by atoms with E-state index in [4.69, 9.17) is 5.73 Å². The summed E-state index contributed by atoms with van der Waals surface area (Å²) in [6.45, 7) is 5.14. The van der Waals surface area contributed by atoms with Crippen LogP contribution in [-0.2, 0) is 13.0 Å². The van der Waals surface area contributed by atoms with Crippen molar-refractivity contribution in [3.8, 4) is 11.4 Å². The molecule has 0 saturated heterocycles. The largest absolute Gasteiger partial charge is 0.398 e. The molecule has 0 fully saturated rings. The predicted octanol–water partition coefficient (Wildman–Crippen LogP) is 2.87. The van der Waals surface area contributed by atoms with Crippen LogP contribution >= 0.6 is 0 Å². The van der Waals surface area contributed by atoms with Crippen LogP contribution in [0.15, 0.2) is 12.1 Å². The first kappa shape index (κ1) is 12.2. The summed E-state index contributed by atoms with van der Waals surface area (Å²) in [5.41, 5.74) is 10.4. The topological polar surface area (TPSA) is 56.7 Å². The second-order valence-electron chi connectivity index (χ2n) is 5.45. The zero-order valence-electron chi connectivity index (χ0n) is 11.6. The Morgan fingerprint density at radius 1 is 1.11 bits per heavy atom. The fraction of sp³-hybridized carbons (Fsp3) is 0.467. The van der Waals surface area contributed by atoms with E-state index in [1.165, 1.54) is 24.8 Å². The van der Waals surface area contributed by atoms with Gasteiger partial charge in [0.1, 0.15) is 5.82 Å². The van der Waals surface area contributed by atoms with E-state index in [1.54, 1.807) is 0 Å². The van der Waals surface area contributed by atoms with Crippen LogP contribution in [-0.4, -0.2) is 14.8 Å². The Labute approximate surface area is 113 Å². The van der Waals surface area contributed by atoms with Gasteiger partial charge in [0.25, 0.3) is 0 Å². The molecule has 1 aliphatic heterocycles. The van der Waals surface area contributed by atoms with Gasteiger partial charge in [0, 0.05) is 24.2 Å². The highest BCUT2D eigenvalue weighted by molar-refractivity contribution is 5.75. The molecule has 1 aromatic heterocycles. The summed E-state index contributed by atoms with van der Waals surface area (Å²) in [5.74, 6) is 2.03. The normalized spacial score (nSPS) is 15.1. The van der Waals surface area contributed by atoms with Crippen molar-refractivity contribution in [2.24, 2.45) is 0 Å². The number of benzene rings is 1. The average molecular weight is 256 g/mol. The lowest BCUT2D eigenvalue weighted by Gasteiger charge is -2.12. The molecule has 19 heavy (non-hydrogen) atoms. The van der Waals surface area contributed by atoms with Gasteiger partial charge in [-0.15, -0.1) is 10.2 Å². The van der Waals surface area contributed by atoms with Gasteiger partial charge < -0.3 is 10.3 Å². The van der Waals surface area contributed by atoms with Gasteiger partial charge in [-0.3, -0.25) is 0 Å². The summed E-state index contributed by atoms with van der Waals surface area (Å²) in [5, 5.41) is 8.74. The summed E-state index contributed by atoms with van der Waals surface area (Å²) in [4.78, 5) is 0. The molecule has 1 aliphatic rings. The highest BCUT2D eigenvalue weighted by atomic mass is 15.3. The molecule has 0 aliphatic carbocycles. The smallest absolute Gasteiger partial charge is 0.166 e. The number of hydrogen-bond donors (Lipinski definition) is 1. The molecule has 100 valence electrons. The van der Waals surface area contributed by atoms with E-state index in [0.717, 1.165) is 41.4 Å². The van der Waals surface area contributed by atoms with Crippen LogP contribution in [0, 0.1) is 13.8 Å². The third kappa shape index (κ3) is 2.11. The molecule has 2 heterocycles. The molecule has 1 aromatic carbocycles. The Morgan fingerprint density at radius 2 is 1.95 bits per heavy atom. The molecule has 3 rings (SSSR count). The first-order valence-corrected chi connectivity index (χ1v) is 6.96. The summed E-state index contributed by atoms with van der Waals surface area (Å²) in [6, 6.07) is 4.23. The lowest BCUT2D eigenvalue weighted by atomic mass is 10.0. The quantitative estimate of drug-likeness (QED) is 0.798. The van der Waals surface area contributed by atoms with Crippen LogP contribution in [0.2, 0.25) is 0 Å². The number of nitrogens with two attached hydrogens (primary N) is 1. The van der Waals surface area contributed by atoms with E-state index in [2.05, 4.69) is 33.8 Å². The first-order valence-electron chi connectivity index (χ1n) is 6.96. The molecular formula is C15H20N4. The van der Waals surface area contributed by atoms with Gasteiger partial charge in [-0.2, -0.15) is 0 Å². The van der Waals surface area contributed by atoms with E-state index >= 15 is 0 Å². The summed E-state index contributed by atoms with van der Waals surface area (Å²) in [6.07, 6.45) is 4.70. The second kappa shape index (κ2) is 4.68. The van der Waals surface area contributed by atoms with E-state index in [9.17, 15) is 0 Å². The van der Waals surface area contributed by atoms with Crippen molar-refractivity contribution < 1.29 is 0 Å². The average Bonchev–Trinajstić information content (AvgIpc) is 2.63. The van der Waals surface area contributed by atoms with Gasteiger partial charge in [0.2, 0.25) is 0 Å². The second-order valence-corrected chi connectivity index (χ2v) is 5.45. The molecule has 2 aromatic rings. The lowest BCUT2D eigenvalue weighted by Crippen LogP contribution is -2.05. The first-order chi connectivity index (χ1) is 9.16. The van der Waals surface area contributed by atoms with Crippen molar-refractivity contribution in [1.29, 1.82) is 0 Å². The fourth-order valence-electron chi connectivity index (χ4n) is 2.85. The molecule has 4 nitrogen and oxygen atoms in total. The van der Waals surface area contributed by atoms with Gasteiger partial charge in [-0.1, -0.05) is 12.5 Å². The number of nitrogens with zero attached hydrogens (tertiary/aromatic N) is 3. The number of anilines is 1. The number of aromatic nitrogens is 3. The van der Waals surface area contributed by atoms with E-state index in [-0.39, 0.29) is 0 Å². The molecule has 0 radical (unpaired) electrons. The Hall–Kier alpha value is -1.84. The minimum atomic E-state index is 0.824. The van der Waals surface area contributed by atoms with Gasteiger partial charge >= 0.3 is 0 Å². The molecule has 4 heteroatoms. The van der Waals surface area contributed by atoms with Crippen LogP contribution in [0.3, 0.4) is 0 Å². The Bertz CT molecular complexity index is 613. The maximum atomic E-state index is 6.23. The summed E-state index contributed by atoms with van der Waals surface area (Å²) < 4.78 is 2.25. The van der Waals surface area contributed by atoms with Crippen LogP contribution in [0.4, 0.5) is 5.69 Å². The molecule has 2 N–H and O–H groups in total. The minimum Gasteiger partial charge on any atom is -0.398 e. The predicted molar refractivity (Wildman–Crippen MR) is 76.9 cm³/mol. The SMILES string of the molecule is Cc1cc(C)c(N)c(-c2nnc3n2CCCCC3)c1. The van der Waals surface area contributed by atoms with Crippen molar-refractivity contribution in [1.82, 2.24) is 14.8 Å². The van der Waals surface area contributed by atoms with Crippen molar-refractivity contribution in [2.45, 2.75) is 46.1 Å². The molecule has 0 spiro atoms. The molecule has 0 unspecified atom stereocenters. The van der Waals surface area contributed by atoms with Gasteiger partial charge in [0.05, 0.1) is 0 Å².